The molecule has 0 spiro atoms. The minimum Gasteiger partial charge on any atom is -0.366 e. The fraction of sp³-hybridized carbons (Fsp3) is 0.667. The Morgan fingerprint density at radius 1 is 1.32 bits per heavy atom. The quantitative estimate of drug-likeness (QED) is 0.849. The molecular formula is C12H20N6O. The molecule has 1 N–H and O–H groups in total. The van der Waals surface area contributed by atoms with Crippen molar-refractivity contribution in [1.82, 2.24) is 20.1 Å². The van der Waals surface area contributed by atoms with Crippen molar-refractivity contribution >= 4 is 17.7 Å². The number of carbonyl (C=O) groups is 1. The van der Waals surface area contributed by atoms with Crippen LogP contribution < -0.4 is 10.2 Å². The summed E-state index contributed by atoms with van der Waals surface area (Å²) in [6.07, 6.45) is 1.62. The van der Waals surface area contributed by atoms with E-state index in [9.17, 15) is 4.79 Å². The maximum Gasteiger partial charge on any atom is 0.247 e. The summed E-state index contributed by atoms with van der Waals surface area (Å²) in [7, 11) is 0. The van der Waals surface area contributed by atoms with Crippen molar-refractivity contribution in [3.63, 3.8) is 0 Å². The molecule has 1 fully saturated rings. The van der Waals surface area contributed by atoms with E-state index in [1.54, 1.807) is 13.1 Å². The number of nitrogens with zero attached hydrogens (tertiary/aromatic N) is 5. The van der Waals surface area contributed by atoms with Gasteiger partial charge in [-0.25, -0.2) is 0 Å². The van der Waals surface area contributed by atoms with Gasteiger partial charge in [-0.3, -0.25) is 4.79 Å². The van der Waals surface area contributed by atoms with Gasteiger partial charge in [0.05, 0.1) is 6.20 Å². The van der Waals surface area contributed by atoms with E-state index in [0.29, 0.717) is 25.1 Å². The number of hydrogen-bond donors (Lipinski definition) is 1. The van der Waals surface area contributed by atoms with E-state index in [2.05, 4.69) is 25.4 Å². The molecule has 2 rings (SSSR count). The molecule has 19 heavy (non-hydrogen) atoms. The van der Waals surface area contributed by atoms with Crippen molar-refractivity contribution in [2.45, 2.75) is 26.8 Å². The summed E-state index contributed by atoms with van der Waals surface area (Å²) in [4.78, 5) is 19.6. The summed E-state index contributed by atoms with van der Waals surface area (Å²) in [5, 5.41) is 11.2. The van der Waals surface area contributed by atoms with Gasteiger partial charge < -0.3 is 15.1 Å². The van der Waals surface area contributed by atoms with Crippen LogP contribution in [0.3, 0.4) is 0 Å². The SMILES string of the molecule is CC(=O)N1CCN(c2nncc(NC(C)C)n2)CC1. The van der Waals surface area contributed by atoms with E-state index in [0.717, 1.165) is 18.9 Å². The summed E-state index contributed by atoms with van der Waals surface area (Å²) >= 11 is 0. The molecule has 7 heteroatoms. The van der Waals surface area contributed by atoms with Crippen LogP contribution in [-0.4, -0.2) is 58.2 Å². The molecule has 1 aromatic rings. The summed E-state index contributed by atoms with van der Waals surface area (Å²) in [6, 6.07) is 0.305. The Labute approximate surface area is 113 Å². The highest BCUT2D eigenvalue weighted by molar-refractivity contribution is 5.73. The third-order valence-electron chi connectivity index (χ3n) is 2.99. The number of aromatic nitrogens is 3. The fourth-order valence-corrected chi connectivity index (χ4v) is 2.01. The van der Waals surface area contributed by atoms with Gasteiger partial charge in [-0.1, -0.05) is 0 Å². The standard InChI is InChI=1S/C12H20N6O/c1-9(2)14-11-8-13-16-12(15-11)18-6-4-17(5-7-18)10(3)19/h8-9H,4-7H2,1-3H3,(H,14,15,16). The molecule has 0 saturated carbocycles. The van der Waals surface area contributed by atoms with Gasteiger partial charge in [0.15, 0.2) is 5.82 Å². The summed E-state index contributed by atoms with van der Waals surface area (Å²) in [5.74, 6) is 1.47. The Hall–Kier alpha value is -1.92. The van der Waals surface area contributed by atoms with Crippen LogP contribution in [0.1, 0.15) is 20.8 Å². The summed E-state index contributed by atoms with van der Waals surface area (Å²) in [6.45, 7) is 8.60. The van der Waals surface area contributed by atoms with E-state index >= 15 is 0 Å². The number of piperazine rings is 1. The zero-order chi connectivity index (χ0) is 13.8. The predicted molar refractivity (Wildman–Crippen MR) is 73.1 cm³/mol. The van der Waals surface area contributed by atoms with Crippen LogP contribution in [0.25, 0.3) is 0 Å². The number of rotatable bonds is 3. The first-order chi connectivity index (χ1) is 9.06. The van der Waals surface area contributed by atoms with E-state index in [4.69, 9.17) is 0 Å². The maximum absolute atomic E-state index is 11.3. The highest BCUT2D eigenvalue weighted by atomic mass is 16.2. The van der Waals surface area contributed by atoms with Crippen LogP contribution in [0.5, 0.6) is 0 Å². The molecule has 1 aliphatic rings. The second-order valence-corrected chi connectivity index (χ2v) is 4.93. The van der Waals surface area contributed by atoms with Crippen LogP contribution in [0.15, 0.2) is 6.20 Å². The molecule has 0 aromatic carbocycles. The molecule has 0 unspecified atom stereocenters. The molecule has 1 aliphatic heterocycles. The number of nitrogens with one attached hydrogen (secondary N) is 1. The van der Waals surface area contributed by atoms with Gasteiger partial charge in [0.25, 0.3) is 0 Å². The van der Waals surface area contributed by atoms with Gasteiger partial charge in [-0.05, 0) is 13.8 Å². The van der Waals surface area contributed by atoms with Gasteiger partial charge in [-0.2, -0.15) is 10.1 Å². The molecule has 1 saturated heterocycles. The first-order valence-corrected chi connectivity index (χ1v) is 6.53. The molecule has 2 heterocycles. The average Bonchev–Trinajstić information content (AvgIpc) is 2.38. The number of anilines is 2. The molecule has 104 valence electrons. The van der Waals surface area contributed by atoms with Crippen LogP contribution in [0.2, 0.25) is 0 Å². The lowest BCUT2D eigenvalue weighted by molar-refractivity contribution is -0.129. The molecule has 1 aromatic heterocycles. The second kappa shape index (κ2) is 5.81. The van der Waals surface area contributed by atoms with Crippen molar-refractivity contribution < 1.29 is 4.79 Å². The zero-order valence-corrected chi connectivity index (χ0v) is 11.6. The van der Waals surface area contributed by atoms with Crippen LogP contribution in [0, 0.1) is 0 Å². The monoisotopic (exact) mass is 264 g/mol. The van der Waals surface area contributed by atoms with Crippen molar-refractivity contribution in [1.29, 1.82) is 0 Å². The molecule has 0 bridgehead atoms. The normalized spacial score (nSPS) is 15.8. The maximum atomic E-state index is 11.3. The number of carbonyl (C=O) groups excluding carboxylic acids is 1. The molecule has 7 nitrogen and oxygen atoms in total. The van der Waals surface area contributed by atoms with Crippen molar-refractivity contribution in [3.05, 3.63) is 6.20 Å². The number of hydrogen-bond acceptors (Lipinski definition) is 6. The highest BCUT2D eigenvalue weighted by Gasteiger charge is 2.20. The first-order valence-electron chi connectivity index (χ1n) is 6.53. The third kappa shape index (κ3) is 3.52. The summed E-state index contributed by atoms with van der Waals surface area (Å²) < 4.78 is 0. The molecule has 0 radical (unpaired) electrons. The van der Waals surface area contributed by atoms with Crippen molar-refractivity contribution in [3.8, 4) is 0 Å². The lowest BCUT2D eigenvalue weighted by atomic mass is 10.3. The first kappa shape index (κ1) is 13.5. The van der Waals surface area contributed by atoms with Crippen LogP contribution in [0.4, 0.5) is 11.8 Å². The lowest BCUT2D eigenvalue weighted by Crippen LogP contribution is -2.48. The van der Waals surface area contributed by atoms with Crippen LogP contribution >= 0.6 is 0 Å². The zero-order valence-electron chi connectivity index (χ0n) is 11.6. The predicted octanol–water partition coefficient (Wildman–Crippen LogP) is 0.360. The Kier molecular flexibility index (Phi) is 4.13. The topological polar surface area (TPSA) is 74.2 Å². The Bertz CT molecular complexity index is 442. The Morgan fingerprint density at radius 3 is 2.58 bits per heavy atom. The molecule has 1 amide bonds. The minimum atomic E-state index is 0.119. The Morgan fingerprint density at radius 2 is 2.00 bits per heavy atom. The fourth-order valence-electron chi connectivity index (χ4n) is 2.01. The van der Waals surface area contributed by atoms with Crippen molar-refractivity contribution in [2.24, 2.45) is 0 Å². The van der Waals surface area contributed by atoms with Gasteiger partial charge in [0, 0.05) is 39.1 Å². The van der Waals surface area contributed by atoms with Gasteiger partial charge in [0.1, 0.15) is 0 Å². The molecule has 0 atom stereocenters. The van der Waals surface area contributed by atoms with E-state index in [1.807, 2.05) is 18.7 Å². The smallest absolute Gasteiger partial charge is 0.247 e. The van der Waals surface area contributed by atoms with E-state index in [-0.39, 0.29) is 5.91 Å². The average molecular weight is 264 g/mol. The van der Waals surface area contributed by atoms with Gasteiger partial charge >= 0.3 is 0 Å². The lowest BCUT2D eigenvalue weighted by Gasteiger charge is -2.33. The molecule has 0 aliphatic carbocycles. The number of amides is 1. The Balaban J connectivity index is 2.01. The largest absolute Gasteiger partial charge is 0.366 e. The van der Waals surface area contributed by atoms with Crippen LogP contribution in [-0.2, 0) is 4.79 Å². The van der Waals surface area contributed by atoms with Gasteiger partial charge in [0.2, 0.25) is 11.9 Å². The van der Waals surface area contributed by atoms with Gasteiger partial charge in [-0.15, -0.1) is 5.10 Å². The van der Waals surface area contributed by atoms with E-state index < -0.39 is 0 Å². The minimum absolute atomic E-state index is 0.119. The highest BCUT2D eigenvalue weighted by Crippen LogP contribution is 2.12. The summed E-state index contributed by atoms with van der Waals surface area (Å²) in [5.41, 5.74) is 0. The van der Waals surface area contributed by atoms with Crippen molar-refractivity contribution in [2.75, 3.05) is 36.4 Å². The second-order valence-electron chi connectivity index (χ2n) is 4.93. The molecular weight excluding hydrogens is 244 g/mol. The van der Waals surface area contributed by atoms with E-state index in [1.165, 1.54) is 0 Å². The third-order valence-corrected chi connectivity index (χ3v) is 2.99.